The number of rotatable bonds is 5. The lowest BCUT2D eigenvalue weighted by atomic mass is 10.1. The van der Waals surface area contributed by atoms with Gasteiger partial charge in [0, 0.05) is 11.8 Å². The maximum absolute atomic E-state index is 5.28. The molecule has 3 nitrogen and oxygen atoms in total. The van der Waals surface area contributed by atoms with Gasteiger partial charge in [0.25, 0.3) is 0 Å². The minimum Gasteiger partial charge on any atom is -0.497 e. The van der Waals surface area contributed by atoms with Gasteiger partial charge < -0.3 is 4.74 Å². The van der Waals surface area contributed by atoms with E-state index in [2.05, 4.69) is 31.9 Å². The lowest BCUT2D eigenvalue weighted by Crippen LogP contribution is -2.00. The lowest BCUT2D eigenvalue weighted by molar-refractivity contribution is 0.414. The quantitative estimate of drug-likeness (QED) is 0.814. The van der Waals surface area contributed by atoms with Crippen molar-refractivity contribution in [2.45, 2.75) is 40.0 Å². The van der Waals surface area contributed by atoms with E-state index in [1.54, 1.807) is 7.11 Å². The molecule has 0 bridgehead atoms. The van der Waals surface area contributed by atoms with Gasteiger partial charge >= 0.3 is 0 Å². The van der Waals surface area contributed by atoms with Crippen molar-refractivity contribution in [2.75, 3.05) is 7.11 Å². The Hall–Kier alpha value is -1.77. The van der Waals surface area contributed by atoms with Crippen LogP contribution in [0.15, 0.2) is 24.3 Å². The van der Waals surface area contributed by atoms with E-state index in [1.807, 2.05) is 22.9 Å². The Kier molecular flexibility index (Phi) is 4.25. The van der Waals surface area contributed by atoms with Gasteiger partial charge in [-0.05, 0) is 44.4 Å². The molecule has 0 aliphatic rings. The predicted molar refractivity (Wildman–Crippen MR) is 78.2 cm³/mol. The van der Waals surface area contributed by atoms with Crippen LogP contribution in [0.2, 0.25) is 0 Å². The third kappa shape index (κ3) is 2.80. The molecule has 0 radical (unpaired) electrons. The summed E-state index contributed by atoms with van der Waals surface area (Å²) >= 11 is 0. The molecule has 2 rings (SSSR count). The van der Waals surface area contributed by atoms with Crippen LogP contribution in [-0.2, 0) is 6.42 Å². The van der Waals surface area contributed by atoms with Gasteiger partial charge in [-0.15, -0.1) is 0 Å². The molecule has 0 unspecified atom stereocenters. The molecule has 102 valence electrons. The molecule has 0 fully saturated rings. The summed E-state index contributed by atoms with van der Waals surface area (Å²) in [6, 6.07) is 8.03. The normalized spacial score (nSPS) is 10.7. The van der Waals surface area contributed by atoms with Gasteiger partial charge in [0.1, 0.15) is 5.75 Å². The smallest absolute Gasteiger partial charge is 0.121 e. The van der Waals surface area contributed by atoms with Gasteiger partial charge in [-0.2, -0.15) is 5.10 Å². The molecule has 0 aliphatic carbocycles. The second-order valence-corrected chi connectivity index (χ2v) is 4.87. The second kappa shape index (κ2) is 5.91. The Morgan fingerprint density at radius 1 is 1.26 bits per heavy atom. The molecule has 0 N–H and O–H groups in total. The standard InChI is InChI=1S/C16H22N2O/c1-5-6-10-16-12(2)17-18(13(16)3)14-8-7-9-15(11-14)19-4/h7-9,11H,5-6,10H2,1-4H3. The van der Waals surface area contributed by atoms with Gasteiger partial charge in [0.05, 0.1) is 18.5 Å². The van der Waals surface area contributed by atoms with E-state index in [4.69, 9.17) is 4.74 Å². The summed E-state index contributed by atoms with van der Waals surface area (Å²) in [6.45, 7) is 6.45. The molecule has 3 heteroatoms. The molecule has 0 saturated carbocycles. The summed E-state index contributed by atoms with van der Waals surface area (Å²) in [7, 11) is 1.69. The number of aromatic nitrogens is 2. The maximum atomic E-state index is 5.28. The summed E-state index contributed by atoms with van der Waals surface area (Å²) in [5.74, 6) is 0.861. The maximum Gasteiger partial charge on any atom is 0.121 e. The van der Waals surface area contributed by atoms with Crippen molar-refractivity contribution >= 4 is 0 Å². The fourth-order valence-corrected chi connectivity index (χ4v) is 2.38. The van der Waals surface area contributed by atoms with Crippen LogP contribution in [0.5, 0.6) is 5.75 Å². The van der Waals surface area contributed by atoms with E-state index >= 15 is 0 Å². The molecule has 0 aliphatic heterocycles. The molecule has 0 saturated heterocycles. The Morgan fingerprint density at radius 3 is 2.74 bits per heavy atom. The van der Waals surface area contributed by atoms with Crippen LogP contribution in [0.3, 0.4) is 0 Å². The minimum absolute atomic E-state index is 0.861. The highest BCUT2D eigenvalue weighted by Crippen LogP contribution is 2.22. The van der Waals surface area contributed by atoms with E-state index in [9.17, 15) is 0 Å². The summed E-state index contributed by atoms with van der Waals surface area (Å²) in [5, 5.41) is 4.67. The Labute approximate surface area is 115 Å². The van der Waals surface area contributed by atoms with Gasteiger partial charge in [0.2, 0.25) is 0 Å². The highest BCUT2D eigenvalue weighted by molar-refractivity contribution is 5.41. The predicted octanol–water partition coefficient (Wildman–Crippen LogP) is 3.84. The number of unbranched alkanes of at least 4 members (excludes halogenated alkanes) is 1. The zero-order valence-corrected chi connectivity index (χ0v) is 12.2. The number of benzene rings is 1. The number of ether oxygens (including phenoxy) is 1. The van der Waals surface area contributed by atoms with Crippen LogP contribution in [0.1, 0.15) is 36.7 Å². The summed E-state index contributed by atoms with van der Waals surface area (Å²) in [5.41, 5.74) is 4.81. The fraction of sp³-hybridized carbons (Fsp3) is 0.438. The van der Waals surface area contributed by atoms with E-state index in [1.165, 1.54) is 24.1 Å². The van der Waals surface area contributed by atoms with Crippen LogP contribution in [0.25, 0.3) is 5.69 Å². The van der Waals surface area contributed by atoms with Crippen molar-refractivity contribution in [3.63, 3.8) is 0 Å². The van der Waals surface area contributed by atoms with Crippen LogP contribution in [0, 0.1) is 13.8 Å². The van der Waals surface area contributed by atoms with Crippen molar-refractivity contribution in [3.8, 4) is 11.4 Å². The summed E-state index contributed by atoms with van der Waals surface area (Å²) in [6.07, 6.45) is 3.53. The molecule has 1 aromatic carbocycles. The highest BCUT2D eigenvalue weighted by Gasteiger charge is 2.12. The van der Waals surface area contributed by atoms with Crippen molar-refractivity contribution in [1.82, 2.24) is 9.78 Å². The van der Waals surface area contributed by atoms with Gasteiger partial charge in [-0.3, -0.25) is 0 Å². The molecular weight excluding hydrogens is 236 g/mol. The minimum atomic E-state index is 0.861. The van der Waals surface area contributed by atoms with Crippen LogP contribution in [0.4, 0.5) is 0 Å². The Morgan fingerprint density at radius 2 is 2.05 bits per heavy atom. The lowest BCUT2D eigenvalue weighted by Gasteiger charge is -2.07. The largest absolute Gasteiger partial charge is 0.497 e. The van der Waals surface area contributed by atoms with Gasteiger partial charge in [-0.25, -0.2) is 4.68 Å². The van der Waals surface area contributed by atoms with Crippen molar-refractivity contribution in [2.24, 2.45) is 0 Å². The molecule has 0 spiro atoms. The summed E-state index contributed by atoms with van der Waals surface area (Å²) < 4.78 is 7.29. The first kappa shape index (κ1) is 13.7. The van der Waals surface area contributed by atoms with Crippen LogP contribution < -0.4 is 4.74 Å². The van der Waals surface area contributed by atoms with Crippen LogP contribution >= 0.6 is 0 Å². The van der Waals surface area contributed by atoms with E-state index < -0.39 is 0 Å². The average molecular weight is 258 g/mol. The molecule has 19 heavy (non-hydrogen) atoms. The van der Waals surface area contributed by atoms with Crippen molar-refractivity contribution < 1.29 is 4.74 Å². The zero-order chi connectivity index (χ0) is 13.8. The Balaban J connectivity index is 2.39. The third-order valence-corrected chi connectivity index (χ3v) is 3.52. The molecule has 0 amide bonds. The number of aryl methyl sites for hydroxylation is 1. The molecule has 1 heterocycles. The first-order valence-corrected chi connectivity index (χ1v) is 6.87. The average Bonchev–Trinajstić information content (AvgIpc) is 2.72. The van der Waals surface area contributed by atoms with Crippen molar-refractivity contribution in [3.05, 3.63) is 41.2 Å². The fourth-order valence-electron chi connectivity index (χ4n) is 2.38. The van der Waals surface area contributed by atoms with Gasteiger partial charge in [0.15, 0.2) is 0 Å². The van der Waals surface area contributed by atoms with Crippen molar-refractivity contribution in [1.29, 1.82) is 0 Å². The van der Waals surface area contributed by atoms with E-state index in [0.29, 0.717) is 0 Å². The number of hydrogen-bond donors (Lipinski definition) is 0. The van der Waals surface area contributed by atoms with E-state index in [-0.39, 0.29) is 0 Å². The third-order valence-electron chi connectivity index (χ3n) is 3.52. The molecule has 2 aromatic rings. The SMILES string of the molecule is CCCCc1c(C)nn(-c2cccc(OC)c2)c1C. The molecule has 0 atom stereocenters. The Bertz CT molecular complexity index is 558. The van der Waals surface area contributed by atoms with Crippen LogP contribution in [-0.4, -0.2) is 16.9 Å². The zero-order valence-electron chi connectivity index (χ0n) is 12.2. The first-order valence-electron chi connectivity index (χ1n) is 6.87. The number of methoxy groups -OCH3 is 1. The van der Waals surface area contributed by atoms with Gasteiger partial charge in [-0.1, -0.05) is 19.4 Å². The molecular formula is C16H22N2O. The topological polar surface area (TPSA) is 27.1 Å². The van der Waals surface area contributed by atoms with E-state index in [0.717, 1.165) is 23.6 Å². The monoisotopic (exact) mass is 258 g/mol. The summed E-state index contributed by atoms with van der Waals surface area (Å²) in [4.78, 5) is 0. The first-order chi connectivity index (χ1) is 9.17. The second-order valence-electron chi connectivity index (χ2n) is 4.87. The number of hydrogen-bond acceptors (Lipinski definition) is 2. The highest BCUT2D eigenvalue weighted by atomic mass is 16.5. The molecule has 1 aromatic heterocycles. The number of nitrogens with zero attached hydrogens (tertiary/aromatic N) is 2.